The van der Waals surface area contributed by atoms with Gasteiger partial charge in [0.2, 0.25) is 0 Å². The summed E-state index contributed by atoms with van der Waals surface area (Å²) in [5.74, 6) is 0.996. The summed E-state index contributed by atoms with van der Waals surface area (Å²) in [6, 6.07) is 6.88. The standard InChI is InChI=1S/C18H19FN4/c1-22-16-6-7-20-10-15(16)14-4-5-17(21-18(14)22)23-12-2-3-13(23)9-11(19)8-12/h4-7,10-13H,2-3,8-9H2,1H3/t11-,12-,13+/i19-1. The van der Waals surface area contributed by atoms with Crippen LogP contribution in [-0.2, 0) is 7.05 Å². The molecule has 0 aromatic carbocycles. The highest BCUT2D eigenvalue weighted by atomic mass is 18.2. The van der Waals surface area contributed by atoms with Crippen LogP contribution >= 0.6 is 0 Å². The Bertz CT molecular complexity index is 889. The number of halogens is 1. The monoisotopic (exact) mass is 309 g/mol. The fourth-order valence-electron chi connectivity index (χ4n) is 4.53. The first-order valence-electron chi connectivity index (χ1n) is 8.34. The fourth-order valence-corrected chi connectivity index (χ4v) is 4.53. The maximum Gasteiger partial charge on any atom is 0.143 e. The molecule has 2 aliphatic rings. The van der Waals surface area contributed by atoms with E-state index in [0.717, 1.165) is 40.6 Å². The fraction of sp³-hybridized carbons (Fsp3) is 0.444. The zero-order valence-electron chi connectivity index (χ0n) is 13.1. The van der Waals surface area contributed by atoms with Gasteiger partial charge in [0, 0.05) is 42.3 Å². The lowest BCUT2D eigenvalue weighted by Gasteiger charge is -2.37. The molecule has 2 fully saturated rings. The first kappa shape index (κ1) is 13.3. The number of fused-ring (bicyclic) bond motifs is 5. The summed E-state index contributed by atoms with van der Waals surface area (Å²) in [4.78, 5) is 11.5. The average molecular weight is 309 g/mol. The summed E-state index contributed by atoms with van der Waals surface area (Å²) >= 11 is 0. The third kappa shape index (κ3) is 1.82. The molecule has 0 spiro atoms. The zero-order valence-corrected chi connectivity index (χ0v) is 13.1. The molecule has 2 aliphatic heterocycles. The van der Waals surface area contributed by atoms with Crippen molar-refractivity contribution in [3.63, 3.8) is 0 Å². The van der Waals surface area contributed by atoms with E-state index in [9.17, 15) is 4.39 Å². The summed E-state index contributed by atoms with van der Waals surface area (Å²) in [5, 5.41) is 2.27. The summed E-state index contributed by atoms with van der Waals surface area (Å²) in [6.07, 6.45) is 6.54. The minimum atomic E-state index is -0.642. The van der Waals surface area contributed by atoms with Gasteiger partial charge in [0.1, 0.15) is 17.6 Å². The second kappa shape index (κ2) is 4.66. The van der Waals surface area contributed by atoms with Crippen molar-refractivity contribution in [2.45, 2.75) is 43.9 Å². The highest BCUT2D eigenvalue weighted by molar-refractivity contribution is 6.06. The van der Waals surface area contributed by atoms with Crippen LogP contribution in [0.25, 0.3) is 21.9 Å². The molecular weight excluding hydrogens is 290 g/mol. The van der Waals surface area contributed by atoms with E-state index >= 15 is 0 Å². The first-order valence-corrected chi connectivity index (χ1v) is 8.34. The quantitative estimate of drug-likeness (QED) is 0.689. The maximum atomic E-state index is 13.8. The molecule has 3 aromatic heterocycles. The van der Waals surface area contributed by atoms with Gasteiger partial charge in [-0.3, -0.25) is 4.98 Å². The molecule has 4 nitrogen and oxygen atoms in total. The van der Waals surface area contributed by atoms with Crippen molar-refractivity contribution in [2.75, 3.05) is 4.90 Å². The summed E-state index contributed by atoms with van der Waals surface area (Å²) < 4.78 is 15.9. The van der Waals surface area contributed by atoms with E-state index in [1.807, 2.05) is 25.5 Å². The van der Waals surface area contributed by atoms with Crippen LogP contribution in [0.1, 0.15) is 25.7 Å². The summed E-state index contributed by atoms with van der Waals surface area (Å²) in [5.41, 5.74) is 2.12. The lowest BCUT2D eigenvalue weighted by molar-refractivity contribution is 0.242. The van der Waals surface area contributed by atoms with Crippen molar-refractivity contribution >= 4 is 27.8 Å². The second-order valence-electron chi connectivity index (χ2n) is 6.85. The number of hydrogen-bond donors (Lipinski definition) is 0. The van der Waals surface area contributed by atoms with E-state index in [1.165, 1.54) is 0 Å². The predicted octanol–water partition coefficient (Wildman–Crippen LogP) is 3.59. The number of anilines is 1. The topological polar surface area (TPSA) is 34.0 Å². The third-order valence-corrected chi connectivity index (χ3v) is 5.57. The molecule has 23 heavy (non-hydrogen) atoms. The Morgan fingerprint density at radius 1 is 1.09 bits per heavy atom. The molecule has 0 amide bonds. The highest BCUT2D eigenvalue weighted by Crippen LogP contribution is 2.40. The number of alkyl halides is 1. The minimum absolute atomic E-state index is 0.310. The van der Waals surface area contributed by atoms with Gasteiger partial charge < -0.3 is 9.47 Å². The number of hydrogen-bond acceptors (Lipinski definition) is 3. The largest absolute Gasteiger partial charge is 0.350 e. The van der Waals surface area contributed by atoms with Crippen LogP contribution in [0.2, 0.25) is 0 Å². The minimum Gasteiger partial charge on any atom is -0.350 e. The number of nitrogens with zero attached hydrogens (tertiary/aromatic N) is 4. The Balaban J connectivity index is 1.66. The predicted molar refractivity (Wildman–Crippen MR) is 89.4 cm³/mol. The Labute approximate surface area is 133 Å². The molecule has 3 aromatic rings. The van der Waals surface area contributed by atoms with E-state index in [2.05, 4.69) is 26.6 Å². The number of rotatable bonds is 1. The number of pyridine rings is 2. The second-order valence-corrected chi connectivity index (χ2v) is 6.85. The molecule has 3 atom stereocenters. The van der Waals surface area contributed by atoms with Crippen LogP contribution in [-0.4, -0.2) is 32.8 Å². The van der Waals surface area contributed by atoms with Gasteiger partial charge in [-0.05, 0) is 43.9 Å². The van der Waals surface area contributed by atoms with Gasteiger partial charge in [0.05, 0.1) is 5.52 Å². The van der Waals surface area contributed by atoms with Crippen molar-refractivity contribution in [3.8, 4) is 0 Å². The van der Waals surface area contributed by atoms with Gasteiger partial charge in [-0.15, -0.1) is 0 Å². The van der Waals surface area contributed by atoms with Gasteiger partial charge in [-0.25, -0.2) is 9.37 Å². The van der Waals surface area contributed by atoms with Gasteiger partial charge in [-0.1, -0.05) is 0 Å². The van der Waals surface area contributed by atoms with Crippen LogP contribution in [0.5, 0.6) is 0 Å². The number of piperidine rings is 1. The summed E-state index contributed by atoms with van der Waals surface area (Å²) in [6.45, 7) is 0. The van der Waals surface area contributed by atoms with E-state index in [1.54, 1.807) is 0 Å². The molecular formula is C18H19FN4. The maximum absolute atomic E-state index is 13.8. The van der Waals surface area contributed by atoms with Crippen LogP contribution in [0.4, 0.5) is 10.2 Å². The van der Waals surface area contributed by atoms with Crippen LogP contribution in [0.15, 0.2) is 30.6 Å². The number of aryl methyl sites for hydroxylation is 1. The van der Waals surface area contributed by atoms with Gasteiger partial charge in [-0.2, -0.15) is 0 Å². The van der Waals surface area contributed by atoms with Crippen molar-refractivity contribution in [1.29, 1.82) is 0 Å². The molecule has 0 saturated carbocycles. The number of aromatic nitrogens is 3. The molecule has 0 unspecified atom stereocenters. The third-order valence-electron chi connectivity index (χ3n) is 5.57. The van der Waals surface area contributed by atoms with Crippen molar-refractivity contribution in [3.05, 3.63) is 30.6 Å². The molecule has 118 valence electrons. The SMILES string of the molecule is Cn1c2ccncc2c2ccc(N3[C@@H]4CC[C@H]3C[C@H]([18F])C4)nc21. The Hall–Kier alpha value is -2.17. The Morgan fingerprint density at radius 3 is 2.65 bits per heavy atom. The first-order chi connectivity index (χ1) is 11.2. The highest BCUT2D eigenvalue weighted by Gasteiger charge is 2.41. The lowest BCUT2D eigenvalue weighted by Crippen LogP contribution is -2.44. The van der Waals surface area contributed by atoms with Crippen LogP contribution in [0, 0.1) is 0 Å². The molecule has 0 radical (unpaired) electrons. The van der Waals surface area contributed by atoms with Crippen LogP contribution < -0.4 is 4.90 Å². The van der Waals surface area contributed by atoms with Crippen molar-refractivity contribution < 1.29 is 4.39 Å². The zero-order chi connectivity index (χ0) is 15.6. The molecule has 0 aliphatic carbocycles. The summed E-state index contributed by atoms with van der Waals surface area (Å²) in [7, 11) is 2.05. The Kier molecular flexibility index (Phi) is 2.69. The van der Waals surface area contributed by atoms with E-state index in [4.69, 9.17) is 4.98 Å². The van der Waals surface area contributed by atoms with E-state index in [0.29, 0.717) is 24.9 Å². The average Bonchev–Trinajstić information content (AvgIpc) is 3.00. The Morgan fingerprint density at radius 2 is 1.87 bits per heavy atom. The molecule has 2 bridgehead atoms. The molecule has 5 heteroatoms. The van der Waals surface area contributed by atoms with Gasteiger partial charge in [0.25, 0.3) is 0 Å². The van der Waals surface area contributed by atoms with E-state index < -0.39 is 6.17 Å². The normalized spacial score (nSPS) is 27.2. The molecule has 2 saturated heterocycles. The lowest BCUT2D eigenvalue weighted by atomic mass is 10.0. The van der Waals surface area contributed by atoms with E-state index in [-0.39, 0.29) is 0 Å². The van der Waals surface area contributed by atoms with Crippen LogP contribution in [0.3, 0.4) is 0 Å². The molecule has 0 N–H and O–H groups in total. The van der Waals surface area contributed by atoms with Crippen molar-refractivity contribution in [1.82, 2.24) is 14.5 Å². The molecule has 5 heterocycles. The van der Waals surface area contributed by atoms with Crippen molar-refractivity contribution in [2.24, 2.45) is 7.05 Å². The van der Waals surface area contributed by atoms with Gasteiger partial charge in [0.15, 0.2) is 0 Å². The molecule has 5 rings (SSSR count). The smallest absolute Gasteiger partial charge is 0.143 e. The van der Waals surface area contributed by atoms with Gasteiger partial charge >= 0.3 is 0 Å².